The van der Waals surface area contributed by atoms with Crippen LogP contribution in [-0.4, -0.2) is 20.8 Å². The molecule has 0 saturated heterocycles. The van der Waals surface area contributed by atoms with Crippen LogP contribution in [0.25, 0.3) is 0 Å². The van der Waals surface area contributed by atoms with E-state index in [4.69, 9.17) is 0 Å². The molecule has 1 aromatic heterocycles. The zero-order valence-electron chi connectivity index (χ0n) is 13.6. The lowest BCUT2D eigenvalue weighted by Gasteiger charge is -2.29. The average Bonchev–Trinajstić information content (AvgIpc) is 2.93. The summed E-state index contributed by atoms with van der Waals surface area (Å²) in [7, 11) is 0. The first kappa shape index (κ1) is 16.1. The average molecular weight is 374 g/mol. The molecule has 1 amide bonds. The molecule has 0 N–H and O–H groups in total. The van der Waals surface area contributed by atoms with E-state index in [-0.39, 0.29) is 5.91 Å². The van der Waals surface area contributed by atoms with Crippen molar-refractivity contribution in [1.29, 1.82) is 0 Å². The van der Waals surface area contributed by atoms with Crippen LogP contribution >= 0.6 is 15.9 Å². The standard InChI is InChI=1S/C18H20BrN3O/c1-12-6-13(4-5-15(12)19)7-18(2,3)17(23)22-9-14-8-20-11-21-16(14)10-22/h4-6,8,11H,7,9-10H2,1-3H3. The van der Waals surface area contributed by atoms with Crippen molar-refractivity contribution in [2.24, 2.45) is 5.41 Å². The molecule has 1 aromatic carbocycles. The van der Waals surface area contributed by atoms with Crippen LogP contribution in [0.3, 0.4) is 0 Å². The molecule has 0 bridgehead atoms. The molecule has 0 saturated carbocycles. The third-order valence-corrected chi connectivity index (χ3v) is 5.21. The molecule has 2 heterocycles. The van der Waals surface area contributed by atoms with Crippen LogP contribution in [0.4, 0.5) is 0 Å². The molecule has 0 unspecified atom stereocenters. The van der Waals surface area contributed by atoms with Gasteiger partial charge >= 0.3 is 0 Å². The molecule has 1 aliphatic heterocycles. The van der Waals surface area contributed by atoms with Gasteiger partial charge in [-0.3, -0.25) is 4.79 Å². The van der Waals surface area contributed by atoms with Crippen LogP contribution in [0.2, 0.25) is 0 Å². The van der Waals surface area contributed by atoms with E-state index >= 15 is 0 Å². The highest BCUT2D eigenvalue weighted by atomic mass is 79.9. The second kappa shape index (κ2) is 6.04. The molecule has 0 aliphatic carbocycles. The SMILES string of the molecule is Cc1cc(CC(C)(C)C(=O)N2Cc3cncnc3C2)ccc1Br. The summed E-state index contributed by atoms with van der Waals surface area (Å²) in [6.07, 6.45) is 4.07. The van der Waals surface area contributed by atoms with E-state index in [1.165, 1.54) is 11.1 Å². The highest BCUT2D eigenvalue weighted by molar-refractivity contribution is 9.10. The fourth-order valence-electron chi connectivity index (χ4n) is 3.07. The van der Waals surface area contributed by atoms with Crippen LogP contribution < -0.4 is 0 Å². The molecule has 5 heteroatoms. The number of hydrogen-bond acceptors (Lipinski definition) is 3. The highest BCUT2D eigenvalue weighted by Gasteiger charge is 2.35. The number of fused-ring (bicyclic) bond motifs is 1. The van der Waals surface area contributed by atoms with E-state index < -0.39 is 5.41 Å². The first-order chi connectivity index (χ1) is 10.9. The van der Waals surface area contributed by atoms with Crippen molar-refractivity contribution >= 4 is 21.8 Å². The molecule has 3 rings (SSSR count). The summed E-state index contributed by atoms with van der Waals surface area (Å²) in [6, 6.07) is 6.27. The van der Waals surface area contributed by atoms with Gasteiger partial charge in [-0.2, -0.15) is 0 Å². The number of rotatable bonds is 3. The normalized spacial score (nSPS) is 14.0. The Labute approximate surface area is 145 Å². The molecule has 0 radical (unpaired) electrons. The molecular formula is C18H20BrN3O. The van der Waals surface area contributed by atoms with Crippen LogP contribution in [-0.2, 0) is 24.3 Å². The smallest absolute Gasteiger partial charge is 0.229 e. The van der Waals surface area contributed by atoms with Crippen LogP contribution in [0.15, 0.2) is 35.2 Å². The molecule has 0 atom stereocenters. The van der Waals surface area contributed by atoms with Gasteiger partial charge in [-0.15, -0.1) is 0 Å². The van der Waals surface area contributed by atoms with Gasteiger partial charge in [0.15, 0.2) is 0 Å². The maximum atomic E-state index is 13.0. The highest BCUT2D eigenvalue weighted by Crippen LogP contribution is 2.30. The number of amides is 1. The Morgan fingerprint density at radius 3 is 2.83 bits per heavy atom. The topological polar surface area (TPSA) is 46.1 Å². The molecular weight excluding hydrogens is 354 g/mol. The number of hydrogen-bond donors (Lipinski definition) is 0. The minimum absolute atomic E-state index is 0.163. The van der Waals surface area contributed by atoms with Crippen LogP contribution in [0, 0.1) is 12.3 Å². The van der Waals surface area contributed by atoms with Crippen molar-refractivity contribution in [3.05, 3.63) is 57.6 Å². The number of carbonyl (C=O) groups excluding carboxylic acids is 1. The second-order valence-electron chi connectivity index (χ2n) is 6.80. The Bertz CT molecular complexity index is 733. The van der Waals surface area contributed by atoms with Crippen molar-refractivity contribution in [3.8, 4) is 0 Å². The lowest BCUT2D eigenvalue weighted by Crippen LogP contribution is -2.39. The monoisotopic (exact) mass is 373 g/mol. The predicted molar refractivity (Wildman–Crippen MR) is 92.7 cm³/mol. The summed E-state index contributed by atoms with van der Waals surface area (Å²) in [5.74, 6) is 0.163. The van der Waals surface area contributed by atoms with Gasteiger partial charge in [0.25, 0.3) is 0 Å². The Kier molecular flexibility index (Phi) is 4.23. The molecule has 4 nitrogen and oxygen atoms in total. The lowest BCUT2D eigenvalue weighted by molar-refractivity contribution is -0.141. The van der Waals surface area contributed by atoms with Gasteiger partial charge in [-0.05, 0) is 30.5 Å². The van der Waals surface area contributed by atoms with Gasteiger partial charge in [0.05, 0.1) is 12.2 Å². The lowest BCUT2D eigenvalue weighted by atomic mass is 9.84. The van der Waals surface area contributed by atoms with Gasteiger partial charge in [-0.25, -0.2) is 9.97 Å². The Balaban J connectivity index is 1.75. The van der Waals surface area contributed by atoms with E-state index in [0.29, 0.717) is 13.1 Å². The number of nitrogens with zero attached hydrogens (tertiary/aromatic N) is 3. The fraction of sp³-hybridized carbons (Fsp3) is 0.389. The molecule has 0 fully saturated rings. The van der Waals surface area contributed by atoms with Crippen molar-refractivity contribution in [3.63, 3.8) is 0 Å². The predicted octanol–water partition coefficient (Wildman–Crippen LogP) is 3.66. The first-order valence-electron chi connectivity index (χ1n) is 7.69. The van der Waals surface area contributed by atoms with E-state index in [0.717, 1.165) is 22.2 Å². The van der Waals surface area contributed by atoms with E-state index in [1.807, 2.05) is 24.8 Å². The molecule has 120 valence electrons. The second-order valence-corrected chi connectivity index (χ2v) is 7.65. The third kappa shape index (κ3) is 3.29. The largest absolute Gasteiger partial charge is 0.332 e. The van der Waals surface area contributed by atoms with Gasteiger partial charge in [0.2, 0.25) is 5.91 Å². The van der Waals surface area contributed by atoms with Crippen molar-refractivity contribution in [2.75, 3.05) is 0 Å². The summed E-state index contributed by atoms with van der Waals surface area (Å²) in [6.45, 7) is 7.29. The van der Waals surface area contributed by atoms with Crippen molar-refractivity contribution in [1.82, 2.24) is 14.9 Å². The summed E-state index contributed by atoms with van der Waals surface area (Å²) in [4.78, 5) is 23.2. The van der Waals surface area contributed by atoms with Gasteiger partial charge in [-0.1, -0.05) is 41.9 Å². The van der Waals surface area contributed by atoms with Gasteiger partial charge in [0.1, 0.15) is 6.33 Å². The zero-order chi connectivity index (χ0) is 16.6. The minimum Gasteiger partial charge on any atom is -0.332 e. The first-order valence-corrected chi connectivity index (χ1v) is 8.48. The fourth-order valence-corrected chi connectivity index (χ4v) is 3.32. The summed E-state index contributed by atoms with van der Waals surface area (Å²) < 4.78 is 1.10. The summed E-state index contributed by atoms with van der Waals surface area (Å²) >= 11 is 3.52. The number of halogens is 1. The van der Waals surface area contributed by atoms with E-state index in [1.54, 1.807) is 12.5 Å². The van der Waals surface area contributed by atoms with Crippen LogP contribution in [0.5, 0.6) is 0 Å². The quantitative estimate of drug-likeness (QED) is 0.824. The molecule has 0 spiro atoms. The molecule has 2 aromatic rings. The number of aromatic nitrogens is 2. The molecule has 1 aliphatic rings. The summed E-state index contributed by atoms with van der Waals surface area (Å²) in [5, 5.41) is 0. The number of benzene rings is 1. The Morgan fingerprint density at radius 1 is 1.35 bits per heavy atom. The third-order valence-electron chi connectivity index (χ3n) is 4.32. The van der Waals surface area contributed by atoms with Gasteiger partial charge < -0.3 is 4.90 Å². The maximum absolute atomic E-state index is 13.0. The van der Waals surface area contributed by atoms with Gasteiger partial charge in [0, 0.05) is 28.2 Å². The summed E-state index contributed by atoms with van der Waals surface area (Å²) in [5.41, 5.74) is 3.94. The van der Waals surface area contributed by atoms with Crippen LogP contribution in [0.1, 0.15) is 36.2 Å². The molecule has 23 heavy (non-hydrogen) atoms. The van der Waals surface area contributed by atoms with E-state index in [9.17, 15) is 4.79 Å². The zero-order valence-corrected chi connectivity index (χ0v) is 15.2. The minimum atomic E-state index is -0.449. The van der Waals surface area contributed by atoms with E-state index in [2.05, 4.69) is 45.0 Å². The van der Waals surface area contributed by atoms with Crippen molar-refractivity contribution < 1.29 is 4.79 Å². The Morgan fingerprint density at radius 2 is 2.13 bits per heavy atom. The maximum Gasteiger partial charge on any atom is 0.229 e. The number of aryl methyl sites for hydroxylation is 1. The number of carbonyl (C=O) groups is 1. The Hall–Kier alpha value is -1.75. The van der Waals surface area contributed by atoms with Crippen molar-refractivity contribution in [2.45, 2.75) is 40.3 Å².